The third kappa shape index (κ3) is 2.13. The Balaban J connectivity index is 2.31. The number of benzene rings is 1. The Hall–Kier alpha value is -0.860. The van der Waals surface area contributed by atoms with Gasteiger partial charge in [-0.25, -0.2) is 0 Å². The molecule has 1 fully saturated rings. The topological polar surface area (TPSA) is 38.0 Å². The van der Waals surface area contributed by atoms with Crippen molar-refractivity contribution in [1.29, 1.82) is 0 Å². The predicted octanol–water partition coefficient (Wildman–Crippen LogP) is 2.36. The van der Waals surface area contributed by atoms with Gasteiger partial charge in [-0.2, -0.15) is 0 Å². The van der Waals surface area contributed by atoms with Crippen LogP contribution < -0.4 is 11.1 Å². The molecule has 2 atom stereocenters. The molecule has 1 aromatic rings. The van der Waals surface area contributed by atoms with Gasteiger partial charge in [0, 0.05) is 12.1 Å². The Labute approximate surface area is 98.2 Å². The summed E-state index contributed by atoms with van der Waals surface area (Å²) >= 11 is 0. The van der Waals surface area contributed by atoms with Crippen molar-refractivity contribution in [3.8, 4) is 0 Å². The van der Waals surface area contributed by atoms with Crippen LogP contribution in [0.4, 0.5) is 0 Å². The van der Waals surface area contributed by atoms with E-state index in [0.29, 0.717) is 6.04 Å². The molecule has 0 aliphatic carbocycles. The standard InChI is InChI=1S/C14H22N2/c1-9-7-10(2)13(11(3)8-9)14(15)12-5-4-6-16-12/h7-8,12,14,16H,4-6,15H2,1-3H3. The second-order valence-electron chi connectivity index (χ2n) is 5.04. The van der Waals surface area contributed by atoms with E-state index in [1.165, 1.54) is 35.1 Å². The van der Waals surface area contributed by atoms with Crippen molar-refractivity contribution in [2.24, 2.45) is 5.73 Å². The summed E-state index contributed by atoms with van der Waals surface area (Å²) in [6.07, 6.45) is 2.45. The molecular weight excluding hydrogens is 196 g/mol. The van der Waals surface area contributed by atoms with Gasteiger partial charge in [0.2, 0.25) is 0 Å². The van der Waals surface area contributed by atoms with Gasteiger partial charge in [0.1, 0.15) is 0 Å². The minimum atomic E-state index is 0.142. The highest BCUT2D eigenvalue weighted by atomic mass is 15.0. The Morgan fingerprint density at radius 1 is 1.25 bits per heavy atom. The summed E-state index contributed by atoms with van der Waals surface area (Å²) in [5, 5.41) is 3.50. The Morgan fingerprint density at radius 2 is 1.88 bits per heavy atom. The quantitative estimate of drug-likeness (QED) is 0.799. The van der Waals surface area contributed by atoms with Crippen molar-refractivity contribution in [2.75, 3.05) is 6.54 Å². The van der Waals surface area contributed by atoms with E-state index in [-0.39, 0.29) is 6.04 Å². The lowest BCUT2D eigenvalue weighted by Crippen LogP contribution is -2.35. The molecular formula is C14H22N2. The Morgan fingerprint density at radius 3 is 2.38 bits per heavy atom. The molecule has 2 heteroatoms. The van der Waals surface area contributed by atoms with Crippen molar-refractivity contribution in [1.82, 2.24) is 5.32 Å². The number of nitrogens with one attached hydrogen (secondary N) is 1. The molecule has 0 aromatic heterocycles. The fourth-order valence-electron chi connectivity index (χ4n) is 2.94. The van der Waals surface area contributed by atoms with Gasteiger partial charge in [-0.15, -0.1) is 0 Å². The fourth-order valence-corrected chi connectivity index (χ4v) is 2.94. The van der Waals surface area contributed by atoms with Crippen molar-refractivity contribution in [3.63, 3.8) is 0 Å². The first-order valence-electron chi connectivity index (χ1n) is 6.16. The molecule has 0 radical (unpaired) electrons. The second-order valence-corrected chi connectivity index (χ2v) is 5.04. The van der Waals surface area contributed by atoms with Crippen molar-refractivity contribution >= 4 is 0 Å². The van der Waals surface area contributed by atoms with Gasteiger partial charge in [-0.1, -0.05) is 17.7 Å². The van der Waals surface area contributed by atoms with Crippen LogP contribution in [-0.4, -0.2) is 12.6 Å². The van der Waals surface area contributed by atoms with Crippen LogP contribution in [0.1, 0.15) is 41.1 Å². The van der Waals surface area contributed by atoms with Gasteiger partial charge in [-0.3, -0.25) is 0 Å². The van der Waals surface area contributed by atoms with E-state index in [1.54, 1.807) is 0 Å². The zero-order valence-electron chi connectivity index (χ0n) is 10.5. The maximum absolute atomic E-state index is 6.39. The average molecular weight is 218 g/mol. The first-order valence-corrected chi connectivity index (χ1v) is 6.16. The van der Waals surface area contributed by atoms with Crippen LogP contribution in [0.2, 0.25) is 0 Å². The van der Waals surface area contributed by atoms with E-state index >= 15 is 0 Å². The SMILES string of the molecule is Cc1cc(C)c(C(N)C2CCCN2)c(C)c1. The lowest BCUT2D eigenvalue weighted by molar-refractivity contribution is 0.497. The molecule has 2 unspecified atom stereocenters. The van der Waals surface area contributed by atoms with Gasteiger partial charge in [0.15, 0.2) is 0 Å². The van der Waals surface area contributed by atoms with Crippen LogP contribution in [0.15, 0.2) is 12.1 Å². The molecule has 1 saturated heterocycles. The van der Waals surface area contributed by atoms with Crippen molar-refractivity contribution in [3.05, 3.63) is 34.4 Å². The molecule has 88 valence electrons. The van der Waals surface area contributed by atoms with Gasteiger partial charge in [0.05, 0.1) is 0 Å². The summed E-state index contributed by atoms with van der Waals surface area (Å²) in [6.45, 7) is 7.60. The molecule has 1 aliphatic heterocycles. The maximum atomic E-state index is 6.39. The number of hydrogen-bond acceptors (Lipinski definition) is 2. The Kier molecular flexibility index (Phi) is 3.31. The fraction of sp³-hybridized carbons (Fsp3) is 0.571. The lowest BCUT2D eigenvalue weighted by atomic mass is 9.90. The zero-order chi connectivity index (χ0) is 11.7. The van der Waals surface area contributed by atoms with Gasteiger partial charge >= 0.3 is 0 Å². The molecule has 1 aliphatic rings. The smallest absolute Gasteiger partial charge is 0.0456 e. The van der Waals surface area contributed by atoms with Crippen LogP contribution in [0.5, 0.6) is 0 Å². The molecule has 2 nitrogen and oxygen atoms in total. The van der Waals surface area contributed by atoms with Crippen LogP contribution in [0, 0.1) is 20.8 Å². The average Bonchev–Trinajstić information content (AvgIpc) is 2.67. The van der Waals surface area contributed by atoms with Crippen molar-refractivity contribution in [2.45, 2.75) is 45.7 Å². The van der Waals surface area contributed by atoms with E-state index in [9.17, 15) is 0 Å². The third-order valence-corrected chi connectivity index (χ3v) is 3.60. The normalized spacial score (nSPS) is 22.4. The highest BCUT2D eigenvalue weighted by Crippen LogP contribution is 2.27. The molecule has 0 saturated carbocycles. The molecule has 3 N–H and O–H groups in total. The number of rotatable bonds is 2. The van der Waals surface area contributed by atoms with E-state index in [4.69, 9.17) is 5.73 Å². The van der Waals surface area contributed by atoms with Crippen LogP contribution in [-0.2, 0) is 0 Å². The van der Waals surface area contributed by atoms with E-state index < -0.39 is 0 Å². The summed E-state index contributed by atoms with van der Waals surface area (Å²) in [6, 6.07) is 5.07. The van der Waals surface area contributed by atoms with Crippen LogP contribution in [0.25, 0.3) is 0 Å². The predicted molar refractivity (Wildman–Crippen MR) is 68.6 cm³/mol. The minimum absolute atomic E-state index is 0.142. The summed E-state index contributed by atoms with van der Waals surface area (Å²) < 4.78 is 0. The number of nitrogens with two attached hydrogens (primary N) is 1. The molecule has 1 aromatic carbocycles. The molecule has 0 spiro atoms. The van der Waals surface area contributed by atoms with Gasteiger partial charge < -0.3 is 11.1 Å². The first-order chi connectivity index (χ1) is 7.59. The van der Waals surface area contributed by atoms with Crippen LogP contribution >= 0.6 is 0 Å². The maximum Gasteiger partial charge on any atom is 0.0456 e. The summed E-state index contributed by atoms with van der Waals surface area (Å²) in [7, 11) is 0. The molecule has 0 amide bonds. The molecule has 1 heterocycles. The Bertz CT molecular complexity index is 355. The molecule has 16 heavy (non-hydrogen) atoms. The van der Waals surface area contributed by atoms with Crippen molar-refractivity contribution < 1.29 is 0 Å². The highest BCUT2D eigenvalue weighted by molar-refractivity contribution is 5.40. The lowest BCUT2D eigenvalue weighted by Gasteiger charge is -2.24. The summed E-state index contributed by atoms with van der Waals surface area (Å²) in [4.78, 5) is 0. The third-order valence-electron chi connectivity index (χ3n) is 3.60. The summed E-state index contributed by atoms with van der Waals surface area (Å²) in [5.74, 6) is 0. The van der Waals surface area contributed by atoms with E-state index in [1.807, 2.05) is 0 Å². The monoisotopic (exact) mass is 218 g/mol. The number of aryl methyl sites for hydroxylation is 3. The van der Waals surface area contributed by atoms with Gasteiger partial charge in [-0.05, 0) is 56.8 Å². The molecule has 2 rings (SSSR count). The highest BCUT2D eigenvalue weighted by Gasteiger charge is 2.24. The van der Waals surface area contributed by atoms with E-state index in [2.05, 4.69) is 38.2 Å². The number of hydrogen-bond donors (Lipinski definition) is 2. The largest absolute Gasteiger partial charge is 0.323 e. The molecule has 0 bridgehead atoms. The second kappa shape index (κ2) is 4.56. The minimum Gasteiger partial charge on any atom is -0.323 e. The first kappa shape index (κ1) is 11.6. The van der Waals surface area contributed by atoms with E-state index in [0.717, 1.165) is 6.54 Å². The van der Waals surface area contributed by atoms with Crippen LogP contribution in [0.3, 0.4) is 0 Å². The summed E-state index contributed by atoms with van der Waals surface area (Å²) in [5.41, 5.74) is 11.7. The zero-order valence-corrected chi connectivity index (χ0v) is 10.5. The van der Waals surface area contributed by atoms with Gasteiger partial charge in [0.25, 0.3) is 0 Å².